The molecule has 0 radical (unpaired) electrons. The molecule has 0 saturated heterocycles. The molecule has 0 spiro atoms. The molecule has 2 rings (SSSR count). The van der Waals surface area contributed by atoms with Gasteiger partial charge in [0.2, 0.25) is 5.95 Å². The summed E-state index contributed by atoms with van der Waals surface area (Å²) in [7, 11) is 0. The number of aromatic amines is 1. The third-order valence-corrected chi connectivity index (χ3v) is 2.84. The number of aryl methyl sites for hydroxylation is 2. The van der Waals surface area contributed by atoms with Gasteiger partial charge in [-0.1, -0.05) is 17.7 Å². The van der Waals surface area contributed by atoms with Crippen LogP contribution in [0.2, 0.25) is 0 Å². The first-order valence-electron chi connectivity index (χ1n) is 6.86. The van der Waals surface area contributed by atoms with E-state index in [9.17, 15) is 4.79 Å². The van der Waals surface area contributed by atoms with Crippen LogP contribution >= 0.6 is 0 Å². The highest BCUT2D eigenvalue weighted by Gasteiger charge is 1.99. The van der Waals surface area contributed by atoms with Crippen LogP contribution in [0.1, 0.15) is 18.2 Å². The molecule has 1 aromatic carbocycles. The summed E-state index contributed by atoms with van der Waals surface area (Å²) in [6.45, 7) is 5.59. The van der Waals surface area contributed by atoms with E-state index >= 15 is 0 Å². The van der Waals surface area contributed by atoms with Crippen molar-refractivity contribution in [2.24, 2.45) is 10.7 Å². The molecule has 0 fully saturated rings. The highest BCUT2D eigenvalue weighted by Crippen LogP contribution is 2.12. The SMILES string of the molecule is C/C(=C/C(N)=Nc1ccc(C)cc1)Nc1nc(C)cc(=O)[nH]1. The van der Waals surface area contributed by atoms with Crippen molar-refractivity contribution in [2.75, 3.05) is 5.32 Å². The maximum atomic E-state index is 11.4. The Bertz CT molecular complexity index is 772. The zero-order valence-electron chi connectivity index (χ0n) is 12.8. The van der Waals surface area contributed by atoms with Crippen molar-refractivity contribution in [1.82, 2.24) is 9.97 Å². The van der Waals surface area contributed by atoms with Crippen LogP contribution in [0.15, 0.2) is 51.9 Å². The summed E-state index contributed by atoms with van der Waals surface area (Å²) in [5.74, 6) is 0.741. The maximum Gasteiger partial charge on any atom is 0.252 e. The molecule has 0 bridgehead atoms. The van der Waals surface area contributed by atoms with Crippen molar-refractivity contribution in [3.8, 4) is 0 Å². The molecule has 22 heavy (non-hydrogen) atoms. The van der Waals surface area contributed by atoms with Gasteiger partial charge in [0.1, 0.15) is 5.84 Å². The van der Waals surface area contributed by atoms with E-state index in [2.05, 4.69) is 20.3 Å². The minimum atomic E-state index is -0.205. The van der Waals surface area contributed by atoms with E-state index in [1.807, 2.05) is 38.1 Å². The molecule has 0 amide bonds. The Balaban J connectivity index is 2.13. The summed E-state index contributed by atoms with van der Waals surface area (Å²) >= 11 is 0. The summed E-state index contributed by atoms with van der Waals surface area (Å²) in [5, 5.41) is 2.98. The van der Waals surface area contributed by atoms with E-state index in [1.165, 1.54) is 11.6 Å². The lowest BCUT2D eigenvalue weighted by atomic mass is 10.2. The van der Waals surface area contributed by atoms with Crippen LogP contribution in [-0.2, 0) is 0 Å². The molecule has 2 aromatic rings. The summed E-state index contributed by atoms with van der Waals surface area (Å²) in [4.78, 5) is 22.5. The molecule has 1 aromatic heterocycles. The number of allylic oxidation sites excluding steroid dienone is 1. The van der Waals surface area contributed by atoms with Crippen LogP contribution in [0, 0.1) is 13.8 Å². The molecule has 0 unspecified atom stereocenters. The molecule has 114 valence electrons. The molecule has 0 saturated carbocycles. The van der Waals surface area contributed by atoms with Crippen LogP contribution in [0.25, 0.3) is 0 Å². The number of nitrogens with one attached hydrogen (secondary N) is 2. The predicted octanol–water partition coefficient (Wildman–Crippen LogP) is 2.39. The first kappa shape index (κ1) is 15.5. The van der Waals surface area contributed by atoms with Crippen molar-refractivity contribution < 1.29 is 0 Å². The van der Waals surface area contributed by atoms with Crippen molar-refractivity contribution in [1.29, 1.82) is 0 Å². The van der Waals surface area contributed by atoms with Gasteiger partial charge in [-0.3, -0.25) is 9.78 Å². The van der Waals surface area contributed by atoms with Crippen molar-refractivity contribution in [3.05, 3.63) is 63.7 Å². The number of hydrogen-bond acceptors (Lipinski definition) is 4. The van der Waals surface area contributed by atoms with Gasteiger partial charge >= 0.3 is 0 Å². The molecule has 0 aliphatic carbocycles. The summed E-state index contributed by atoms with van der Waals surface area (Å²) < 4.78 is 0. The third-order valence-electron chi connectivity index (χ3n) is 2.84. The van der Waals surface area contributed by atoms with Gasteiger partial charge in [-0.2, -0.15) is 0 Å². The topological polar surface area (TPSA) is 96.2 Å². The van der Waals surface area contributed by atoms with E-state index < -0.39 is 0 Å². The summed E-state index contributed by atoms with van der Waals surface area (Å²) in [5.41, 5.74) is 9.01. The Hall–Kier alpha value is -2.89. The molecule has 6 nitrogen and oxygen atoms in total. The lowest BCUT2D eigenvalue weighted by Crippen LogP contribution is -2.14. The number of anilines is 1. The summed E-state index contributed by atoms with van der Waals surface area (Å²) in [6, 6.07) is 9.18. The first-order chi connectivity index (χ1) is 10.4. The predicted molar refractivity (Wildman–Crippen MR) is 89.4 cm³/mol. The second-order valence-electron chi connectivity index (χ2n) is 5.06. The monoisotopic (exact) mass is 297 g/mol. The average molecular weight is 297 g/mol. The molecule has 0 atom stereocenters. The van der Waals surface area contributed by atoms with Gasteiger partial charge in [0, 0.05) is 17.5 Å². The third kappa shape index (κ3) is 4.59. The fraction of sp³-hybridized carbons (Fsp3) is 0.188. The van der Waals surface area contributed by atoms with Crippen molar-refractivity contribution in [2.45, 2.75) is 20.8 Å². The van der Waals surface area contributed by atoms with E-state index in [-0.39, 0.29) is 5.56 Å². The van der Waals surface area contributed by atoms with E-state index in [0.29, 0.717) is 17.5 Å². The largest absolute Gasteiger partial charge is 0.384 e. The number of nitrogens with zero attached hydrogens (tertiary/aromatic N) is 2. The van der Waals surface area contributed by atoms with Crippen LogP contribution < -0.4 is 16.6 Å². The fourth-order valence-corrected chi connectivity index (χ4v) is 1.88. The first-order valence-corrected chi connectivity index (χ1v) is 6.86. The average Bonchev–Trinajstić information content (AvgIpc) is 2.39. The molecular formula is C16H19N5O. The van der Waals surface area contributed by atoms with Crippen LogP contribution in [0.4, 0.5) is 11.6 Å². The Morgan fingerprint density at radius 1 is 1.32 bits per heavy atom. The lowest BCUT2D eigenvalue weighted by molar-refractivity contribution is 1.06. The second kappa shape index (κ2) is 6.71. The number of amidine groups is 1. The van der Waals surface area contributed by atoms with Crippen LogP contribution in [0.3, 0.4) is 0 Å². The molecule has 1 heterocycles. The Labute approximate surface area is 128 Å². The normalized spacial score (nSPS) is 12.3. The number of nitrogens with two attached hydrogens (primary N) is 1. The minimum absolute atomic E-state index is 0.205. The fourth-order valence-electron chi connectivity index (χ4n) is 1.88. The zero-order valence-corrected chi connectivity index (χ0v) is 12.8. The van der Waals surface area contributed by atoms with Gasteiger partial charge in [-0.15, -0.1) is 0 Å². The minimum Gasteiger partial charge on any atom is -0.384 e. The van der Waals surface area contributed by atoms with Crippen LogP contribution in [-0.4, -0.2) is 15.8 Å². The van der Waals surface area contributed by atoms with E-state index in [1.54, 1.807) is 13.0 Å². The Morgan fingerprint density at radius 2 is 2.00 bits per heavy atom. The van der Waals surface area contributed by atoms with Crippen molar-refractivity contribution >= 4 is 17.5 Å². The summed E-state index contributed by atoms with van der Waals surface area (Å²) in [6.07, 6.45) is 1.68. The number of hydrogen-bond donors (Lipinski definition) is 3. The number of H-pyrrole nitrogens is 1. The number of rotatable bonds is 4. The van der Waals surface area contributed by atoms with Crippen LogP contribution in [0.5, 0.6) is 0 Å². The number of aliphatic imine (C=N–C) groups is 1. The molecule has 6 heteroatoms. The standard InChI is InChI=1S/C16H19N5O/c1-10-4-6-13(7-5-10)20-14(17)8-11(2)18-16-19-12(3)9-15(22)21-16/h4-9H,1-3H3,(H2,17,20)(H2,18,19,21,22)/b11-8-. The molecule has 0 aliphatic rings. The Kier molecular flexibility index (Phi) is 4.73. The molecule has 4 N–H and O–H groups in total. The zero-order chi connectivity index (χ0) is 16.1. The molecular weight excluding hydrogens is 278 g/mol. The highest BCUT2D eigenvalue weighted by atomic mass is 16.1. The quantitative estimate of drug-likeness (QED) is 0.596. The smallest absolute Gasteiger partial charge is 0.252 e. The number of aromatic nitrogens is 2. The van der Waals surface area contributed by atoms with Gasteiger partial charge in [-0.05, 0) is 39.0 Å². The van der Waals surface area contributed by atoms with Crippen molar-refractivity contribution in [3.63, 3.8) is 0 Å². The van der Waals surface area contributed by atoms with Gasteiger partial charge in [0.05, 0.1) is 5.69 Å². The lowest BCUT2D eigenvalue weighted by Gasteiger charge is -2.06. The van der Waals surface area contributed by atoms with E-state index in [0.717, 1.165) is 11.4 Å². The van der Waals surface area contributed by atoms with Gasteiger partial charge in [0.15, 0.2) is 0 Å². The number of benzene rings is 1. The second-order valence-corrected chi connectivity index (χ2v) is 5.06. The highest BCUT2D eigenvalue weighted by molar-refractivity contribution is 5.94. The Morgan fingerprint density at radius 3 is 2.64 bits per heavy atom. The van der Waals surface area contributed by atoms with E-state index in [4.69, 9.17) is 5.73 Å². The van der Waals surface area contributed by atoms with Gasteiger partial charge in [-0.25, -0.2) is 9.98 Å². The maximum absolute atomic E-state index is 11.4. The van der Waals surface area contributed by atoms with Gasteiger partial charge in [0.25, 0.3) is 5.56 Å². The van der Waals surface area contributed by atoms with Gasteiger partial charge < -0.3 is 11.1 Å². The molecule has 0 aliphatic heterocycles.